The number of nitrogens with one attached hydrogen (secondary N) is 2. The van der Waals surface area contributed by atoms with Crippen LogP contribution in [-0.2, 0) is 23.9 Å². The lowest BCUT2D eigenvalue weighted by Crippen LogP contribution is -2.21. The molecule has 0 aliphatic carbocycles. The first-order chi connectivity index (χ1) is 15.6. The van der Waals surface area contributed by atoms with E-state index < -0.39 is 30.4 Å². The zero-order valence-corrected chi connectivity index (χ0v) is 19.7. The van der Waals surface area contributed by atoms with Gasteiger partial charge < -0.3 is 20.1 Å². The quantitative estimate of drug-likeness (QED) is 0.462. The monoisotopic (exact) mass is 494 g/mol. The molecule has 0 aliphatic heterocycles. The molecule has 0 aliphatic rings. The summed E-state index contributed by atoms with van der Waals surface area (Å²) in [5.74, 6) is -1.99. The third-order valence-corrected chi connectivity index (χ3v) is 4.79. The Morgan fingerprint density at radius 1 is 0.848 bits per heavy atom. The SMILES string of the molecule is CC(C)COC(=O)c1cccc(NC(=O)CCC(=O)OCC(=O)Nc2ccc(Cl)c(Cl)c2)c1. The first kappa shape index (κ1) is 26.2. The standard InChI is InChI=1S/C23H24Cl2N2O6/c1-14(2)12-33-23(31)15-4-3-5-16(10-15)26-20(28)8-9-22(30)32-13-21(29)27-17-6-7-18(24)19(25)11-17/h3-7,10-11,14H,8-9,12-13H2,1-2H3,(H,26,28)(H,27,29). The lowest BCUT2D eigenvalue weighted by molar-refractivity contribution is -0.147. The van der Waals surface area contributed by atoms with E-state index in [4.69, 9.17) is 32.7 Å². The molecule has 33 heavy (non-hydrogen) atoms. The Morgan fingerprint density at radius 3 is 2.24 bits per heavy atom. The maximum Gasteiger partial charge on any atom is 0.338 e. The van der Waals surface area contributed by atoms with Crippen LogP contribution in [0.5, 0.6) is 0 Å². The molecule has 2 aromatic rings. The van der Waals surface area contributed by atoms with Crippen LogP contribution in [0.3, 0.4) is 0 Å². The second-order valence-corrected chi connectivity index (χ2v) is 8.27. The van der Waals surface area contributed by atoms with Gasteiger partial charge in [-0.05, 0) is 42.3 Å². The van der Waals surface area contributed by atoms with Gasteiger partial charge in [-0.25, -0.2) is 4.79 Å². The molecule has 0 bridgehead atoms. The number of benzene rings is 2. The van der Waals surface area contributed by atoms with Gasteiger partial charge in [0.05, 0.1) is 28.6 Å². The summed E-state index contributed by atoms with van der Waals surface area (Å²) in [5.41, 5.74) is 1.11. The van der Waals surface area contributed by atoms with Crippen molar-refractivity contribution in [1.82, 2.24) is 0 Å². The van der Waals surface area contributed by atoms with Gasteiger partial charge in [-0.2, -0.15) is 0 Å². The fourth-order valence-corrected chi connectivity index (χ4v) is 2.78. The van der Waals surface area contributed by atoms with Crippen molar-refractivity contribution >= 4 is 58.3 Å². The Hall–Kier alpha value is -3.10. The molecule has 0 atom stereocenters. The van der Waals surface area contributed by atoms with Crippen LogP contribution in [0.4, 0.5) is 11.4 Å². The number of carbonyl (C=O) groups excluding carboxylic acids is 4. The Morgan fingerprint density at radius 2 is 1.55 bits per heavy atom. The highest BCUT2D eigenvalue weighted by atomic mass is 35.5. The smallest absolute Gasteiger partial charge is 0.338 e. The minimum atomic E-state index is -0.708. The van der Waals surface area contributed by atoms with E-state index in [9.17, 15) is 19.2 Å². The normalized spacial score (nSPS) is 10.5. The molecule has 0 radical (unpaired) electrons. The highest BCUT2D eigenvalue weighted by Gasteiger charge is 2.13. The number of rotatable bonds is 10. The molecule has 0 saturated heterocycles. The largest absolute Gasteiger partial charge is 0.462 e. The Balaban J connectivity index is 1.74. The summed E-state index contributed by atoms with van der Waals surface area (Å²) in [5, 5.41) is 5.74. The number of hydrogen-bond acceptors (Lipinski definition) is 6. The third kappa shape index (κ3) is 9.51. The maximum absolute atomic E-state index is 12.1. The topological polar surface area (TPSA) is 111 Å². The molecule has 8 nitrogen and oxygen atoms in total. The second kappa shape index (κ2) is 12.8. The maximum atomic E-state index is 12.1. The first-order valence-electron chi connectivity index (χ1n) is 10.1. The molecule has 0 spiro atoms. The molecule has 0 fully saturated rings. The van der Waals surface area contributed by atoms with Crippen LogP contribution >= 0.6 is 23.2 Å². The van der Waals surface area contributed by atoms with Crippen LogP contribution in [0.15, 0.2) is 42.5 Å². The lowest BCUT2D eigenvalue weighted by Gasteiger charge is -2.09. The second-order valence-electron chi connectivity index (χ2n) is 7.46. The predicted octanol–water partition coefficient (Wildman–Crippen LogP) is 4.71. The highest BCUT2D eigenvalue weighted by Crippen LogP contribution is 2.24. The minimum absolute atomic E-state index is 0.157. The van der Waals surface area contributed by atoms with Gasteiger partial charge in [-0.15, -0.1) is 0 Å². The number of hydrogen-bond donors (Lipinski definition) is 2. The molecule has 10 heteroatoms. The van der Waals surface area contributed by atoms with E-state index in [0.717, 1.165) is 0 Å². The summed E-state index contributed by atoms with van der Waals surface area (Å²) in [4.78, 5) is 47.9. The van der Waals surface area contributed by atoms with Gasteiger partial charge in [-0.1, -0.05) is 43.1 Å². The van der Waals surface area contributed by atoms with Crippen molar-refractivity contribution in [1.29, 1.82) is 0 Å². The van der Waals surface area contributed by atoms with Crippen molar-refractivity contribution in [2.24, 2.45) is 5.92 Å². The number of anilines is 2. The molecule has 0 unspecified atom stereocenters. The average Bonchev–Trinajstić information content (AvgIpc) is 2.77. The van der Waals surface area contributed by atoms with E-state index in [-0.39, 0.29) is 23.8 Å². The Bertz CT molecular complexity index is 1030. The highest BCUT2D eigenvalue weighted by molar-refractivity contribution is 6.42. The van der Waals surface area contributed by atoms with E-state index in [0.29, 0.717) is 28.6 Å². The molecular weight excluding hydrogens is 471 g/mol. The lowest BCUT2D eigenvalue weighted by atomic mass is 10.2. The first-order valence-corrected chi connectivity index (χ1v) is 10.9. The molecular formula is C23H24Cl2N2O6. The number of amides is 2. The summed E-state index contributed by atoms with van der Waals surface area (Å²) in [6.07, 6.45) is -0.378. The number of ether oxygens (including phenoxy) is 2. The van der Waals surface area contributed by atoms with Gasteiger partial charge in [-0.3, -0.25) is 14.4 Å². The average molecular weight is 495 g/mol. The van der Waals surface area contributed by atoms with Gasteiger partial charge in [0.15, 0.2) is 6.61 Å². The van der Waals surface area contributed by atoms with E-state index >= 15 is 0 Å². The number of esters is 2. The van der Waals surface area contributed by atoms with Crippen molar-refractivity contribution in [3.05, 3.63) is 58.1 Å². The molecule has 0 aromatic heterocycles. The van der Waals surface area contributed by atoms with Crippen LogP contribution in [0.1, 0.15) is 37.0 Å². The fourth-order valence-electron chi connectivity index (χ4n) is 2.48. The van der Waals surface area contributed by atoms with Gasteiger partial charge in [0.25, 0.3) is 5.91 Å². The van der Waals surface area contributed by atoms with Gasteiger partial charge >= 0.3 is 11.9 Å². The van der Waals surface area contributed by atoms with E-state index in [2.05, 4.69) is 10.6 Å². The van der Waals surface area contributed by atoms with E-state index in [1.54, 1.807) is 24.3 Å². The van der Waals surface area contributed by atoms with Crippen LogP contribution in [-0.4, -0.2) is 37.0 Å². The number of carbonyl (C=O) groups is 4. The van der Waals surface area contributed by atoms with Crippen molar-refractivity contribution in [2.75, 3.05) is 23.8 Å². The van der Waals surface area contributed by atoms with Crippen molar-refractivity contribution in [3.63, 3.8) is 0 Å². The van der Waals surface area contributed by atoms with Crippen LogP contribution in [0.2, 0.25) is 10.0 Å². The van der Waals surface area contributed by atoms with Crippen LogP contribution in [0.25, 0.3) is 0 Å². The summed E-state index contributed by atoms with van der Waals surface area (Å²) in [7, 11) is 0. The fraction of sp³-hybridized carbons (Fsp3) is 0.304. The predicted molar refractivity (Wildman–Crippen MR) is 125 cm³/mol. The summed E-state index contributed by atoms with van der Waals surface area (Å²) in [6.45, 7) is 3.64. The molecule has 2 amide bonds. The van der Waals surface area contributed by atoms with E-state index in [1.807, 2.05) is 13.8 Å². The number of halogens is 2. The zero-order chi connectivity index (χ0) is 24.4. The van der Waals surface area contributed by atoms with E-state index in [1.165, 1.54) is 18.2 Å². The molecule has 2 aromatic carbocycles. The zero-order valence-electron chi connectivity index (χ0n) is 18.2. The van der Waals surface area contributed by atoms with Crippen LogP contribution < -0.4 is 10.6 Å². The molecule has 0 heterocycles. The van der Waals surface area contributed by atoms with Crippen molar-refractivity contribution in [2.45, 2.75) is 26.7 Å². The Labute approximate surface area is 201 Å². The molecule has 176 valence electrons. The molecule has 2 N–H and O–H groups in total. The molecule has 2 rings (SSSR count). The minimum Gasteiger partial charge on any atom is -0.462 e. The summed E-state index contributed by atoms with van der Waals surface area (Å²) in [6, 6.07) is 10.8. The van der Waals surface area contributed by atoms with Gasteiger partial charge in [0, 0.05) is 17.8 Å². The summed E-state index contributed by atoms with van der Waals surface area (Å²) < 4.78 is 10.0. The Kier molecular flexibility index (Phi) is 10.2. The van der Waals surface area contributed by atoms with Gasteiger partial charge in [0.1, 0.15) is 0 Å². The summed E-state index contributed by atoms with van der Waals surface area (Å²) >= 11 is 11.7. The van der Waals surface area contributed by atoms with Crippen molar-refractivity contribution < 1.29 is 28.7 Å². The van der Waals surface area contributed by atoms with Crippen LogP contribution in [0, 0.1) is 5.92 Å². The molecule has 0 saturated carbocycles. The van der Waals surface area contributed by atoms with Gasteiger partial charge in [0.2, 0.25) is 5.91 Å². The third-order valence-electron chi connectivity index (χ3n) is 4.05. The van der Waals surface area contributed by atoms with Crippen molar-refractivity contribution in [3.8, 4) is 0 Å².